The molecular formula is C18H18ClN5O2S. The van der Waals surface area contributed by atoms with Gasteiger partial charge in [-0.15, -0.1) is 10.2 Å². The summed E-state index contributed by atoms with van der Waals surface area (Å²) in [6.07, 6.45) is 0. The molecule has 1 aromatic heterocycles. The standard InChI is InChI=1S/C18H18ClN5O2S/c1-10(2)17(25)21-18(27)20-11-4-6-14-15(8-11)23-24(22-14)12-5-7-16(26-3)13(19)9-12/h4-10H,1-3H3,(H2,20,21,25,27). The van der Waals surface area contributed by atoms with Gasteiger partial charge in [-0.1, -0.05) is 25.4 Å². The highest BCUT2D eigenvalue weighted by molar-refractivity contribution is 7.80. The molecule has 0 aliphatic carbocycles. The van der Waals surface area contributed by atoms with Crippen LogP contribution in [0, 0.1) is 5.92 Å². The molecule has 0 bridgehead atoms. The van der Waals surface area contributed by atoms with Crippen LogP contribution in [0.3, 0.4) is 0 Å². The van der Waals surface area contributed by atoms with E-state index in [2.05, 4.69) is 20.8 Å². The Morgan fingerprint density at radius 3 is 2.59 bits per heavy atom. The van der Waals surface area contributed by atoms with Crippen LogP contribution < -0.4 is 15.4 Å². The first-order valence-corrected chi connectivity index (χ1v) is 8.99. The average Bonchev–Trinajstić information content (AvgIpc) is 3.04. The maximum absolute atomic E-state index is 11.7. The summed E-state index contributed by atoms with van der Waals surface area (Å²) in [6.45, 7) is 3.60. The Labute approximate surface area is 166 Å². The molecule has 0 unspecified atom stereocenters. The lowest BCUT2D eigenvalue weighted by atomic mass is 10.2. The third kappa shape index (κ3) is 4.35. The molecule has 0 aliphatic rings. The third-order valence-electron chi connectivity index (χ3n) is 3.77. The fourth-order valence-electron chi connectivity index (χ4n) is 2.31. The maximum Gasteiger partial charge on any atom is 0.228 e. The second-order valence-corrected chi connectivity index (χ2v) is 6.93. The number of benzene rings is 2. The molecule has 140 valence electrons. The third-order valence-corrected chi connectivity index (χ3v) is 4.27. The van der Waals surface area contributed by atoms with Gasteiger partial charge in [0, 0.05) is 11.6 Å². The first-order valence-electron chi connectivity index (χ1n) is 8.20. The van der Waals surface area contributed by atoms with Crippen molar-refractivity contribution in [1.82, 2.24) is 20.3 Å². The van der Waals surface area contributed by atoms with E-state index >= 15 is 0 Å². The minimum Gasteiger partial charge on any atom is -0.495 e. The van der Waals surface area contributed by atoms with Crippen molar-refractivity contribution < 1.29 is 9.53 Å². The van der Waals surface area contributed by atoms with Gasteiger partial charge in [0.2, 0.25) is 5.91 Å². The first kappa shape index (κ1) is 19.1. The second kappa shape index (κ2) is 7.89. The molecule has 2 aromatic carbocycles. The van der Waals surface area contributed by atoms with Gasteiger partial charge in [-0.05, 0) is 48.6 Å². The van der Waals surface area contributed by atoms with Crippen molar-refractivity contribution in [3.63, 3.8) is 0 Å². The number of ether oxygens (including phenoxy) is 1. The van der Waals surface area contributed by atoms with Gasteiger partial charge in [-0.3, -0.25) is 4.79 Å². The van der Waals surface area contributed by atoms with E-state index in [0.717, 1.165) is 0 Å². The molecule has 27 heavy (non-hydrogen) atoms. The van der Waals surface area contributed by atoms with Crippen LogP contribution in [0.5, 0.6) is 5.75 Å². The largest absolute Gasteiger partial charge is 0.495 e. The number of thiocarbonyl (C=S) groups is 1. The van der Waals surface area contributed by atoms with Crippen molar-refractivity contribution in [3.05, 3.63) is 41.4 Å². The lowest BCUT2D eigenvalue weighted by Crippen LogP contribution is -2.36. The van der Waals surface area contributed by atoms with E-state index in [9.17, 15) is 4.79 Å². The normalized spacial score (nSPS) is 10.9. The van der Waals surface area contributed by atoms with Crippen molar-refractivity contribution in [3.8, 4) is 11.4 Å². The van der Waals surface area contributed by atoms with E-state index in [1.165, 1.54) is 4.80 Å². The molecule has 1 amide bonds. The number of hydrogen-bond acceptors (Lipinski definition) is 5. The molecule has 2 N–H and O–H groups in total. The van der Waals surface area contributed by atoms with Crippen LogP contribution in [-0.4, -0.2) is 33.1 Å². The van der Waals surface area contributed by atoms with Gasteiger partial charge >= 0.3 is 0 Å². The van der Waals surface area contributed by atoms with Crippen LogP contribution in [0.1, 0.15) is 13.8 Å². The quantitative estimate of drug-likeness (QED) is 0.648. The highest BCUT2D eigenvalue weighted by Gasteiger charge is 2.11. The van der Waals surface area contributed by atoms with Crippen molar-refractivity contribution in [1.29, 1.82) is 0 Å². The van der Waals surface area contributed by atoms with Crippen LogP contribution >= 0.6 is 23.8 Å². The number of amides is 1. The van der Waals surface area contributed by atoms with Crippen molar-refractivity contribution >= 4 is 51.6 Å². The Kier molecular flexibility index (Phi) is 5.57. The second-order valence-electron chi connectivity index (χ2n) is 6.11. The van der Waals surface area contributed by atoms with Gasteiger partial charge in [-0.25, -0.2) is 0 Å². The first-order chi connectivity index (χ1) is 12.9. The van der Waals surface area contributed by atoms with Gasteiger partial charge < -0.3 is 15.4 Å². The average molecular weight is 404 g/mol. The Morgan fingerprint density at radius 1 is 1.19 bits per heavy atom. The molecule has 0 radical (unpaired) electrons. The van der Waals surface area contributed by atoms with Crippen LogP contribution in [0.25, 0.3) is 16.7 Å². The summed E-state index contributed by atoms with van der Waals surface area (Å²) in [5.41, 5.74) is 2.80. The molecule has 0 aliphatic heterocycles. The minimum absolute atomic E-state index is 0.143. The SMILES string of the molecule is COc1ccc(-n2nc3ccc(NC(=S)NC(=O)C(C)C)cc3n2)cc1Cl. The number of carbonyl (C=O) groups is 1. The number of halogens is 1. The smallest absolute Gasteiger partial charge is 0.228 e. The number of carbonyl (C=O) groups excluding carboxylic acids is 1. The van der Waals surface area contributed by atoms with Gasteiger partial charge in [0.15, 0.2) is 5.11 Å². The fourth-order valence-corrected chi connectivity index (χ4v) is 2.78. The number of nitrogens with zero attached hydrogens (tertiary/aromatic N) is 3. The highest BCUT2D eigenvalue weighted by atomic mass is 35.5. The highest BCUT2D eigenvalue weighted by Crippen LogP contribution is 2.26. The minimum atomic E-state index is -0.150. The number of fused-ring (bicyclic) bond motifs is 1. The summed E-state index contributed by atoms with van der Waals surface area (Å²) in [6, 6.07) is 10.7. The predicted molar refractivity (Wildman–Crippen MR) is 110 cm³/mol. The Hall–Kier alpha value is -2.71. The fraction of sp³-hybridized carbons (Fsp3) is 0.222. The summed E-state index contributed by atoms with van der Waals surface area (Å²) < 4.78 is 5.16. The topological polar surface area (TPSA) is 81.1 Å². The molecule has 3 aromatic rings. The number of anilines is 1. The zero-order valence-electron chi connectivity index (χ0n) is 15.0. The summed E-state index contributed by atoms with van der Waals surface area (Å²) in [7, 11) is 1.56. The lowest BCUT2D eigenvalue weighted by Gasteiger charge is -2.10. The molecule has 3 rings (SSSR count). The monoisotopic (exact) mass is 403 g/mol. The predicted octanol–water partition coefficient (Wildman–Crippen LogP) is 3.55. The summed E-state index contributed by atoms with van der Waals surface area (Å²) in [5, 5.41) is 15.2. The van der Waals surface area contributed by atoms with Crippen LogP contribution in [0.15, 0.2) is 36.4 Å². The van der Waals surface area contributed by atoms with Crippen molar-refractivity contribution in [2.24, 2.45) is 5.92 Å². The molecule has 0 saturated carbocycles. The van der Waals surface area contributed by atoms with E-state index in [-0.39, 0.29) is 16.9 Å². The van der Waals surface area contributed by atoms with Crippen LogP contribution in [0.2, 0.25) is 5.02 Å². The number of rotatable bonds is 4. The summed E-state index contributed by atoms with van der Waals surface area (Å²) in [4.78, 5) is 13.2. The molecule has 1 heterocycles. The van der Waals surface area contributed by atoms with E-state index in [1.807, 2.05) is 18.2 Å². The van der Waals surface area contributed by atoms with Gasteiger partial charge in [0.05, 0.1) is 17.8 Å². The van der Waals surface area contributed by atoms with Gasteiger partial charge in [0.25, 0.3) is 0 Å². The molecule has 0 atom stereocenters. The molecule has 7 nitrogen and oxygen atoms in total. The molecular weight excluding hydrogens is 386 g/mol. The van der Waals surface area contributed by atoms with Gasteiger partial charge in [-0.2, -0.15) is 4.80 Å². The van der Waals surface area contributed by atoms with E-state index in [0.29, 0.717) is 33.2 Å². The summed E-state index contributed by atoms with van der Waals surface area (Å²) in [5.74, 6) is 0.292. The molecule has 9 heteroatoms. The molecule has 0 fully saturated rings. The molecule has 0 saturated heterocycles. The van der Waals surface area contributed by atoms with E-state index < -0.39 is 0 Å². The van der Waals surface area contributed by atoms with Gasteiger partial charge in [0.1, 0.15) is 16.8 Å². The Morgan fingerprint density at radius 2 is 1.93 bits per heavy atom. The van der Waals surface area contributed by atoms with E-state index in [4.69, 9.17) is 28.6 Å². The van der Waals surface area contributed by atoms with Crippen LogP contribution in [0.4, 0.5) is 5.69 Å². The lowest BCUT2D eigenvalue weighted by molar-refractivity contribution is -0.122. The van der Waals surface area contributed by atoms with E-state index in [1.54, 1.807) is 39.2 Å². The summed E-state index contributed by atoms with van der Waals surface area (Å²) >= 11 is 11.3. The van der Waals surface area contributed by atoms with Crippen molar-refractivity contribution in [2.75, 3.05) is 12.4 Å². The maximum atomic E-state index is 11.7. The Balaban J connectivity index is 1.82. The molecule has 0 spiro atoms. The number of nitrogens with one attached hydrogen (secondary N) is 2. The Bertz CT molecular complexity index is 1020. The van der Waals surface area contributed by atoms with Crippen molar-refractivity contribution in [2.45, 2.75) is 13.8 Å². The number of aromatic nitrogens is 3. The number of hydrogen-bond donors (Lipinski definition) is 2. The zero-order valence-corrected chi connectivity index (χ0v) is 16.6. The zero-order chi connectivity index (χ0) is 19.6. The number of methoxy groups -OCH3 is 1. The van der Waals surface area contributed by atoms with Crippen LogP contribution in [-0.2, 0) is 4.79 Å².